The molecule has 1 aliphatic rings. The maximum atomic E-state index is 4.81. The summed E-state index contributed by atoms with van der Waals surface area (Å²) in [5, 5.41) is 8.99. The monoisotopic (exact) mass is 479 g/mol. The van der Waals surface area contributed by atoms with Crippen molar-refractivity contribution in [1.82, 2.24) is 20.4 Å². The van der Waals surface area contributed by atoms with Gasteiger partial charge in [-0.2, -0.15) is 0 Å². The topological polar surface area (TPSA) is 42.9 Å². The number of guanidine groups is 1. The Balaban J connectivity index is 0.00000312. The third kappa shape index (κ3) is 8.23. The Morgan fingerprint density at radius 3 is 2.64 bits per heavy atom. The highest BCUT2D eigenvalue weighted by atomic mass is 127. The van der Waals surface area contributed by atoms with Crippen molar-refractivity contribution in [3.8, 4) is 0 Å². The molecule has 1 fully saturated rings. The van der Waals surface area contributed by atoms with Crippen molar-refractivity contribution in [2.24, 2.45) is 4.99 Å². The summed E-state index contributed by atoms with van der Waals surface area (Å²) in [7, 11) is 4.24. The average molecular weight is 479 g/mol. The number of nitrogens with one attached hydrogen (secondary N) is 2. The Morgan fingerprint density at radius 2 is 2.04 bits per heavy atom. The summed E-state index contributed by atoms with van der Waals surface area (Å²) >= 11 is 1.80. The van der Waals surface area contributed by atoms with E-state index in [1.807, 2.05) is 0 Å². The van der Waals surface area contributed by atoms with Crippen molar-refractivity contribution in [3.05, 3.63) is 22.4 Å². The van der Waals surface area contributed by atoms with E-state index in [2.05, 4.69) is 59.0 Å². The fraction of sp³-hybridized carbons (Fsp3) is 0.722. The normalized spacial score (nSPS) is 17.2. The molecule has 0 radical (unpaired) electrons. The number of piperidine rings is 1. The first-order valence-corrected chi connectivity index (χ1v) is 10.0. The molecule has 0 saturated carbocycles. The molecule has 1 unspecified atom stereocenters. The zero-order valence-corrected chi connectivity index (χ0v) is 19.0. The van der Waals surface area contributed by atoms with Crippen molar-refractivity contribution in [1.29, 1.82) is 0 Å². The van der Waals surface area contributed by atoms with Crippen LogP contribution in [0.5, 0.6) is 0 Å². The molecule has 25 heavy (non-hydrogen) atoms. The van der Waals surface area contributed by atoms with E-state index in [0.29, 0.717) is 6.04 Å². The second kappa shape index (κ2) is 12.9. The molecule has 0 aliphatic carbocycles. The minimum absolute atomic E-state index is 0. The third-order valence-corrected chi connectivity index (χ3v) is 5.40. The van der Waals surface area contributed by atoms with E-state index in [-0.39, 0.29) is 24.0 Å². The van der Waals surface area contributed by atoms with Crippen LogP contribution in [0.15, 0.2) is 22.5 Å². The van der Waals surface area contributed by atoms with E-state index in [4.69, 9.17) is 4.99 Å². The molecule has 7 heteroatoms. The van der Waals surface area contributed by atoms with Crippen LogP contribution in [0.2, 0.25) is 0 Å². The van der Waals surface area contributed by atoms with Crippen LogP contribution in [0.4, 0.5) is 0 Å². The number of nitrogens with zero attached hydrogens (tertiary/aromatic N) is 3. The molecular weight excluding hydrogens is 445 g/mol. The molecule has 0 amide bonds. The molecule has 2 rings (SSSR count). The molecule has 0 aromatic carbocycles. The van der Waals surface area contributed by atoms with Crippen LogP contribution < -0.4 is 10.6 Å². The largest absolute Gasteiger partial charge is 0.357 e. The summed E-state index contributed by atoms with van der Waals surface area (Å²) in [5.41, 5.74) is 0. The Hall–Kier alpha value is -0.380. The fourth-order valence-corrected chi connectivity index (χ4v) is 3.94. The van der Waals surface area contributed by atoms with Gasteiger partial charge in [-0.05, 0) is 58.4 Å². The molecule has 2 heterocycles. The van der Waals surface area contributed by atoms with E-state index in [1.165, 1.54) is 37.2 Å². The van der Waals surface area contributed by atoms with Crippen LogP contribution in [0, 0.1) is 0 Å². The smallest absolute Gasteiger partial charge is 0.191 e. The van der Waals surface area contributed by atoms with Gasteiger partial charge in [-0.1, -0.05) is 12.5 Å². The highest BCUT2D eigenvalue weighted by Crippen LogP contribution is 2.23. The lowest BCUT2D eigenvalue weighted by atomic mass is 10.1. The van der Waals surface area contributed by atoms with Gasteiger partial charge in [0.15, 0.2) is 5.96 Å². The van der Waals surface area contributed by atoms with Gasteiger partial charge in [-0.25, -0.2) is 0 Å². The first-order valence-electron chi connectivity index (χ1n) is 9.15. The zero-order chi connectivity index (χ0) is 17.2. The summed E-state index contributed by atoms with van der Waals surface area (Å²) in [5.74, 6) is 0.929. The van der Waals surface area contributed by atoms with E-state index in [1.54, 1.807) is 11.3 Å². The van der Waals surface area contributed by atoms with E-state index in [9.17, 15) is 0 Å². The molecule has 2 N–H and O–H groups in total. The van der Waals surface area contributed by atoms with Crippen LogP contribution in [-0.4, -0.2) is 69.1 Å². The van der Waals surface area contributed by atoms with Gasteiger partial charge in [0.05, 0.1) is 12.6 Å². The first-order chi connectivity index (χ1) is 11.7. The van der Waals surface area contributed by atoms with Crippen molar-refractivity contribution in [2.75, 3.05) is 53.4 Å². The van der Waals surface area contributed by atoms with Gasteiger partial charge >= 0.3 is 0 Å². The summed E-state index contributed by atoms with van der Waals surface area (Å²) in [6, 6.07) is 4.65. The number of hydrogen-bond acceptors (Lipinski definition) is 4. The standard InChI is InChI=1S/C18H33N5S.HI/c1-4-19-18(20-10-13-23-11-6-5-7-12-23)21-15-16(22(2)3)17-9-8-14-24-17;/h8-9,14,16H,4-7,10-13,15H2,1-3H3,(H2,19,20,21);1H. The molecule has 144 valence electrons. The number of likely N-dealkylation sites (tertiary alicyclic amines) is 1. The lowest BCUT2D eigenvalue weighted by Crippen LogP contribution is -2.43. The van der Waals surface area contributed by atoms with E-state index >= 15 is 0 Å². The summed E-state index contributed by atoms with van der Waals surface area (Å²) < 4.78 is 0. The maximum absolute atomic E-state index is 4.81. The predicted molar refractivity (Wildman–Crippen MR) is 120 cm³/mol. The van der Waals surface area contributed by atoms with Crippen molar-refractivity contribution in [2.45, 2.75) is 32.2 Å². The Morgan fingerprint density at radius 1 is 1.28 bits per heavy atom. The predicted octanol–water partition coefficient (Wildman–Crippen LogP) is 3.01. The highest BCUT2D eigenvalue weighted by molar-refractivity contribution is 14.0. The van der Waals surface area contributed by atoms with Gasteiger partial charge in [-0.15, -0.1) is 35.3 Å². The SMILES string of the molecule is CCNC(=NCC(c1cccs1)N(C)C)NCCN1CCCCC1.I. The Bertz CT molecular complexity index is 472. The van der Waals surface area contributed by atoms with Crippen LogP contribution in [-0.2, 0) is 0 Å². The van der Waals surface area contributed by atoms with Crippen LogP contribution in [0.3, 0.4) is 0 Å². The molecule has 0 bridgehead atoms. The number of likely N-dealkylation sites (N-methyl/N-ethyl adjacent to an activating group) is 1. The number of rotatable bonds is 8. The molecular formula is C18H34IN5S. The quantitative estimate of drug-likeness (QED) is 0.342. The summed E-state index contributed by atoms with van der Waals surface area (Å²) in [6.45, 7) is 8.33. The molecule has 1 saturated heterocycles. The molecule has 1 aromatic heterocycles. The van der Waals surface area contributed by atoms with Crippen molar-refractivity contribution in [3.63, 3.8) is 0 Å². The second-order valence-electron chi connectivity index (χ2n) is 6.54. The molecule has 1 atom stereocenters. The summed E-state index contributed by atoms with van der Waals surface area (Å²) in [4.78, 5) is 11.0. The van der Waals surface area contributed by atoms with Crippen LogP contribution >= 0.6 is 35.3 Å². The Kier molecular flexibility index (Phi) is 11.7. The van der Waals surface area contributed by atoms with Crippen LogP contribution in [0.25, 0.3) is 0 Å². The number of halogens is 1. The average Bonchev–Trinajstić information content (AvgIpc) is 3.10. The number of thiophene rings is 1. The van der Waals surface area contributed by atoms with Crippen molar-refractivity contribution < 1.29 is 0 Å². The van der Waals surface area contributed by atoms with Gasteiger partial charge in [0.25, 0.3) is 0 Å². The third-order valence-electron chi connectivity index (χ3n) is 4.43. The minimum atomic E-state index is 0. The Labute approximate surface area is 174 Å². The van der Waals surface area contributed by atoms with Gasteiger partial charge in [0, 0.05) is 24.5 Å². The van der Waals surface area contributed by atoms with Crippen molar-refractivity contribution >= 4 is 41.3 Å². The van der Waals surface area contributed by atoms with E-state index in [0.717, 1.165) is 32.1 Å². The molecule has 0 spiro atoms. The molecule has 5 nitrogen and oxygen atoms in total. The lowest BCUT2D eigenvalue weighted by Gasteiger charge is -2.26. The number of aliphatic imine (C=N–C) groups is 1. The van der Waals surface area contributed by atoms with Crippen LogP contribution in [0.1, 0.15) is 37.1 Å². The first kappa shape index (κ1) is 22.7. The maximum Gasteiger partial charge on any atom is 0.191 e. The molecule has 1 aromatic rings. The number of hydrogen-bond donors (Lipinski definition) is 2. The second-order valence-corrected chi connectivity index (χ2v) is 7.52. The molecule has 1 aliphatic heterocycles. The lowest BCUT2D eigenvalue weighted by molar-refractivity contribution is 0.232. The minimum Gasteiger partial charge on any atom is -0.357 e. The van der Waals surface area contributed by atoms with Gasteiger partial charge in [0.2, 0.25) is 0 Å². The van der Waals surface area contributed by atoms with Gasteiger partial charge in [-0.3, -0.25) is 4.99 Å². The zero-order valence-electron chi connectivity index (χ0n) is 15.8. The highest BCUT2D eigenvalue weighted by Gasteiger charge is 2.15. The fourth-order valence-electron chi connectivity index (χ4n) is 3.02. The van der Waals surface area contributed by atoms with Gasteiger partial charge in [0.1, 0.15) is 0 Å². The van der Waals surface area contributed by atoms with E-state index < -0.39 is 0 Å². The summed E-state index contributed by atoms with van der Waals surface area (Å²) in [6.07, 6.45) is 4.08. The van der Waals surface area contributed by atoms with Gasteiger partial charge < -0.3 is 20.4 Å².